The van der Waals surface area contributed by atoms with Crippen molar-refractivity contribution in [3.63, 3.8) is 0 Å². The molecule has 0 aromatic carbocycles. The summed E-state index contributed by atoms with van der Waals surface area (Å²) in [5.41, 5.74) is -0.0501. The third-order valence-corrected chi connectivity index (χ3v) is 2.19. The van der Waals surface area contributed by atoms with E-state index >= 15 is 0 Å². The first kappa shape index (κ1) is 13.9. The van der Waals surface area contributed by atoms with Gasteiger partial charge in [0.2, 0.25) is 0 Å². The molecule has 86 valence electrons. The lowest BCUT2D eigenvalue weighted by Gasteiger charge is -2.23. The van der Waals surface area contributed by atoms with Crippen LogP contribution in [0.4, 0.5) is 0 Å². The molecule has 3 heteroatoms. The van der Waals surface area contributed by atoms with E-state index in [1.807, 2.05) is 0 Å². The highest BCUT2D eigenvalue weighted by molar-refractivity contribution is 4.70. The zero-order chi connectivity index (χ0) is 11.0. The van der Waals surface area contributed by atoms with Crippen molar-refractivity contribution in [1.82, 2.24) is 10.6 Å². The monoisotopic (exact) mass is 202 g/mol. The lowest BCUT2D eigenvalue weighted by molar-refractivity contribution is 0.0234. The van der Waals surface area contributed by atoms with Crippen LogP contribution in [0.25, 0.3) is 0 Å². The largest absolute Gasteiger partial charge is 0.377 e. The van der Waals surface area contributed by atoms with Crippen LogP contribution in [0.1, 0.15) is 34.1 Å². The molecule has 3 nitrogen and oxygen atoms in total. The van der Waals surface area contributed by atoms with Crippen LogP contribution in [0.3, 0.4) is 0 Å². The lowest BCUT2D eigenvalue weighted by atomic mass is 10.1. The highest BCUT2D eigenvalue weighted by Gasteiger charge is 2.14. The molecule has 0 unspecified atom stereocenters. The van der Waals surface area contributed by atoms with Gasteiger partial charge in [0.25, 0.3) is 0 Å². The standard InChI is InChI=1S/C11H26N2O/c1-10(2)13-8-6-7-12-9-11(3,4)14-5/h10,12-13H,6-9H2,1-5H3. The Balaban J connectivity index is 3.21. The van der Waals surface area contributed by atoms with E-state index in [-0.39, 0.29) is 5.60 Å². The van der Waals surface area contributed by atoms with Crippen LogP contribution in [0, 0.1) is 0 Å². The normalized spacial score (nSPS) is 12.4. The van der Waals surface area contributed by atoms with E-state index < -0.39 is 0 Å². The molecule has 0 aromatic rings. The van der Waals surface area contributed by atoms with Gasteiger partial charge < -0.3 is 15.4 Å². The number of ether oxygens (including phenoxy) is 1. The number of nitrogens with one attached hydrogen (secondary N) is 2. The molecule has 0 rings (SSSR count). The van der Waals surface area contributed by atoms with Crippen molar-refractivity contribution in [3.8, 4) is 0 Å². The maximum atomic E-state index is 5.30. The molecule has 0 atom stereocenters. The van der Waals surface area contributed by atoms with Gasteiger partial charge in [-0.2, -0.15) is 0 Å². The molecule has 0 fully saturated rings. The molecule has 0 aromatic heterocycles. The first-order valence-electron chi connectivity index (χ1n) is 5.47. The van der Waals surface area contributed by atoms with Crippen LogP contribution in [0.5, 0.6) is 0 Å². The maximum absolute atomic E-state index is 5.30. The van der Waals surface area contributed by atoms with Gasteiger partial charge in [-0.1, -0.05) is 13.8 Å². The zero-order valence-electron chi connectivity index (χ0n) is 10.3. The minimum atomic E-state index is -0.0501. The second kappa shape index (κ2) is 7.21. The molecule has 0 spiro atoms. The fraction of sp³-hybridized carbons (Fsp3) is 1.00. The molecular weight excluding hydrogens is 176 g/mol. The van der Waals surface area contributed by atoms with Crippen LogP contribution in [-0.2, 0) is 4.74 Å². The Kier molecular flexibility index (Phi) is 7.15. The second-order valence-electron chi connectivity index (χ2n) is 4.60. The van der Waals surface area contributed by atoms with Crippen LogP contribution in [0.2, 0.25) is 0 Å². The third kappa shape index (κ3) is 8.48. The van der Waals surface area contributed by atoms with Crippen molar-refractivity contribution in [2.24, 2.45) is 0 Å². The van der Waals surface area contributed by atoms with Crippen LogP contribution < -0.4 is 10.6 Å². The van der Waals surface area contributed by atoms with E-state index in [2.05, 4.69) is 38.3 Å². The first-order chi connectivity index (χ1) is 6.48. The number of hydrogen-bond donors (Lipinski definition) is 2. The minimum Gasteiger partial charge on any atom is -0.377 e. The van der Waals surface area contributed by atoms with Gasteiger partial charge >= 0.3 is 0 Å². The summed E-state index contributed by atoms with van der Waals surface area (Å²) in [5.74, 6) is 0. The fourth-order valence-electron chi connectivity index (χ4n) is 1.07. The molecule has 0 saturated heterocycles. The molecule has 0 aliphatic rings. The Labute approximate surface area is 88.6 Å². The molecule has 0 heterocycles. The second-order valence-corrected chi connectivity index (χ2v) is 4.60. The van der Waals surface area contributed by atoms with Gasteiger partial charge in [-0.05, 0) is 33.4 Å². The van der Waals surface area contributed by atoms with Crippen molar-refractivity contribution in [2.75, 3.05) is 26.7 Å². The van der Waals surface area contributed by atoms with Gasteiger partial charge in [-0.3, -0.25) is 0 Å². The van der Waals surface area contributed by atoms with E-state index in [0.717, 1.165) is 26.1 Å². The van der Waals surface area contributed by atoms with Gasteiger partial charge in [0.1, 0.15) is 0 Å². The highest BCUT2D eigenvalue weighted by Crippen LogP contribution is 2.04. The van der Waals surface area contributed by atoms with Crippen molar-refractivity contribution in [1.29, 1.82) is 0 Å². The summed E-state index contributed by atoms with van der Waals surface area (Å²) in [6.07, 6.45) is 1.16. The van der Waals surface area contributed by atoms with Crippen molar-refractivity contribution in [3.05, 3.63) is 0 Å². The topological polar surface area (TPSA) is 33.3 Å². The SMILES string of the molecule is COC(C)(C)CNCCCNC(C)C. The summed E-state index contributed by atoms with van der Waals surface area (Å²) in [4.78, 5) is 0. The van der Waals surface area contributed by atoms with Gasteiger partial charge in [0.15, 0.2) is 0 Å². The smallest absolute Gasteiger partial charge is 0.0746 e. The Bertz CT molecular complexity index is 135. The Morgan fingerprint density at radius 3 is 2.36 bits per heavy atom. The molecule has 0 radical (unpaired) electrons. The summed E-state index contributed by atoms with van der Waals surface area (Å²) in [6.45, 7) is 11.6. The number of rotatable bonds is 8. The first-order valence-corrected chi connectivity index (χ1v) is 5.47. The number of hydrogen-bond acceptors (Lipinski definition) is 3. The Morgan fingerprint density at radius 2 is 1.86 bits per heavy atom. The molecular formula is C11H26N2O. The summed E-state index contributed by atoms with van der Waals surface area (Å²) in [5, 5.41) is 6.77. The van der Waals surface area contributed by atoms with E-state index in [9.17, 15) is 0 Å². The van der Waals surface area contributed by atoms with Gasteiger partial charge in [0.05, 0.1) is 5.60 Å². The number of methoxy groups -OCH3 is 1. The average Bonchev–Trinajstić information content (AvgIpc) is 2.10. The minimum absolute atomic E-state index is 0.0501. The van der Waals surface area contributed by atoms with Crippen LogP contribution in [0.15, 0.2) is 0 Å². The van der Waals surface area contributed by atoms with E-state index in [4.69, 9.17) is 4.74 Å². The van der Waals surface area contributed by atoms with Crippen LogP contribution in [-0.4, -0.2) is 38.4 Å². The molecule has 0 amide bonds. The van der Waals surface area contributed by atoms with Crippen molar-refractivity contribution >= 4 is 0 Å². The molecule has 0 aliphatic heterocycles. The molecule has 0 aliphatic carbocycles. The van der Waals surface area contributed by atoms with Gasteiger partial charge in [-0.15, -0.1) is 0 Å². The van der Waals surface area contributed by atoms with E-state index in [1.165, 1.54) is 0 Å². The zero-order valence-corrected chi connectivity index (χ0v) is 10.3. The maximum Gasteiger partial charge on any atom is 0.0746 e. The summed E-state index contributed by atoms with van der Waals surface area (Å²) >= 11 is 0. The molecule has 2 N–H and O–H groups in total. The average molecular weight is 202 g/mol. The predicted molar refractivity (Wildman–Crippen MR) is 61.7 cm³/mol. The Morgan fingerprint density at radius 1 is 1.21 bits per heavy atom. The molecule has 0 bridgehead atoms. The third-order valence-electron chi connectivity index (χ3n) is 2.19. The van der Waals surface area contributed by atoms with E-state index in [1.54, 1.807) is 7.11 Å². The lowest BCUT2D eigenvalue weighted by Crippen LogP contribution is -2.38. The fourth-order valence-corrected chi connectivity index (χ4v) is 1.07. The van der Waals surface area contributed by atoms with Gasteiger partial charge in [-0.25, -0.2) is 0 Å². The van der Waals surface area contributed by atoms with Gasteiger partial charge in [0, 0.05) is 19.7 Å². The quantitative estimate of drug-likeness (QED) is 0.584. The highest BCUT2D eigenvalue weighted by atomic mass is 16.5. The summed E-state index contributed by atoms with van der Waals surface area (Å²) < 4.78 is 5.30. The van der Waals surface area contributed by atoms with Crippen LogP contribution >= 0.6 is 0 Å². The molecule has 0 saturated carbocycles. The van der Waals surface area contributed by atoms with Crippen molar-refractivity contribution < 1.29 is 4.74 Å². The van der Waals surface area contributed by atoms with Crippen molar-refractivity contribution in [2.45, 2.75) is 45.8 Å². The van der Waals surface area contributed by atoms with E-state index in [0.29, 0.717) is 6.04 Å². The summed E-state index contributed by atoms with van der Waals surface area (Å²) in [6, 6.07) is 0.588. The summed E-state index contributed by atoms with van der Waals surface area (Å²) in [7, 11) is 1.75. The Hall–Kier alpha value is -0.120. The predicted octanol–water partition coefficient (Wildman–Crippen LogP) is 1.39. The molecule has 14 heavy (non-hydrogen) atoms.